The molecule has 0 amide bonds. The summed E-state index contributed by atoms with van der Waals surface area (Å²) in [6.07, 6.45) is 2.34. The number of guanidine groups is 1. The molecule has 1 fully saturated rings. The number of nitrogens with zero attached hydrogens (tertiary/aromatic N) is 3. The zero-order chi connectivity index (χ0) is 17.6. The lowest BCUT2D eigenvalue weighted by Crippen LogP contribution is -2.48. The summed E-state index contributed by atoms with van der Waals surface area (Å²) in [6.45, 7) is 8.39. The van der Waals surface area contributed by atoms with Crippen molar-refractivity contribution in [2.45, 2.75) is 32.4 Å². The Kier molecular flexibility index (Phi) is 8.63. The Bertz CT molecular complexity index is 595. The van der Waals surface area contributed by atoms with E-state index in [1.165, 1.54) is 17.5 Å². The van der Waals surface area contributed by atoms with E-state index in [1.54, 1.807) is 7.11 Å². The van der Waals surface area contributed by atoms with Gasteiger partial charge in [-0.15, -0.1) is 24.0 Å². The van der Waals surface area contributed by atoms with Crippen LogP contribution in [-0.4, -0.2) is 68.7 Å². The second-order valence-electron chi connectivity index (χ2n) is 7.32. The normalized spacial score (nSPS) is 21.9. The molecule has 2 heterocycles. The van der Waals surface area contributed by atoms with Crippen molar-refractivity contribution >= 4 is 29.9 Å². The Morgan fingerprint density at radius 1 is 1.31 bits per heavy atom. The summed E-state index contributed by atoms with van der Waals surface area (Å²) in [6, 6.07) is 9.32. The quantitative estimate of drug-likeness (QED) is 0.407. The van der Waals surface area contributed by atoms with Crippen molar-refractivity contribution in [2.75, 3.05) is 46.9 Å². The molecule has 2 atom stereocenters. The van der Waals surface area contributed by atoms with Crippen LogP contribution in [0.3, 0.4) is 0 Å². The number of hydrogen-bond acceptors (Lipinski definition) is 3. The molecule has 5 nitrogen and oxygen atoms in total. The molecule has 1 aromatic rings. The number of rotatable bonds is 5. The van der Waals surface area contributed by atoms with Crippen LogP contribution in [0.4, 0.5) is 0 Å². The number of halogens is 1. The summed E-state index contributed by atoms with van der Waals surface area (Å²) >= 11 is 0. The van der Waals surface area contributed by atoms with Crippen LogP contribution in [0.2, 0.25) is 0 Å². The fourth-order valence-corrected chi connectivity index (χ4v) is 3.99. The van der Waals surface area contributed by atoms with Crippen LogP contribution in [0, 0.1) is 5.92 Å². The first-order valence-electron chi connectivity index (χ1n) is 9.46. The summed E-state index contributed by atoms with van der Waals surface area (Å²) in [7, 11) is 3.67. The third-order valence-corrected chi connectivity index (χ3v) is 5.54. The largest absolute Gasteiger partial charge is 0.384 e. The van der Waals surface area contributed by atoms with Gasteiger partial charge in [0.1, 0.15) is 0 Å². The minimum atomic E-state index is 0. The first-order chi connectivity index (χ1) is 12.2. The molecular weight excluding hydrogens is 439 g/mol. The van der Waals surface area contributed by atoms with E-state index in [2.05, 4.69) is 51.3 Å². The van der Waals surface area contributed by atoms with Gasteiger partial charge in [-0.25, -0.2) is 0 Å². The van der Waals surface area contributed by atoms with Crippen LogP contribution in [-0.2, 0) is 17.7 Å². The molecular formula is C20H33IN4O. The molecule has 2 aliphatic heterocycles. The number of nitrogens with one attached hydrogen (secondary N) is 1. The molecule has 26 heavy (non-hydrogen) atoms. The Labute approximate surface area is 175 Å². The van der Waals surface area contributed by atoms with Gasteiger partial charge in [0, 0.05) is 58.8 Å². The van der Waals surface area contributed by atoms with Gasteiger partial charge in [0.2, 0.25) is 0 Å². The molecule has 0 aliphatic carbocycles. The molecule has 3 rings (SSSR count). The fraction of sp³-hybridized carbons (Fsp3) is 0.650. The predicted molar refractivity (Wildman–Crippen MR) is 118 cm³/mol. The molecule has 0 bridgehead atoms. The molecule has 1 saturated heterocycles. The van der Waals surface area contributed by atoms with Gasteiger partial charge < -0.3 is 15.0 Å². The summed E-state index contributed by atoms with van der Waals surface area (Å²) in [5.41, 5.74) is 2.99. The molecule has 1 N–H and O–H groups in total. The lowest BCUT2D eigenvalue weighted by Gasteiger charge is -2.34. The molecule has 0 aromatic heterocycles. The smallest absolute Gasteiger partial charge is 0.193 e. The molecule has 146 valence electrons. The molecule has 2 unspecified atom stereocenters. The maximum atomic E-state index is 5.30. The van der Waals surface area contributed by atoms with Crippen molar-refractivity contribution in [1.82, 2.24) is 15.1 Å². The fourth-order valence-electron chi connectivity index (χ4n) is 3.99. The summed E-state index contributed by atoms with van der Waals surface area (Å²) in [5, 5.41) is 3.59. The molecule has 0 radical (unpaired) electrons. The van der Waals surface area contributed by atoms with Crippen molar-refractivity contribution in [3.05, 3.63) is 35.4 Å². The van der Waals surface area contributed by atoms with Gasteiger partial charge in [0.15, 0.2) is 5.96 Å². The number of methoxy groups -OCH3 is 1. The standard InChI is InChI=1S/C20H32N4O.HI/c1-16(23-11-9-18-6-4-5-7-19(18)14-23)12-22-20(21-2)24-10-8-17(13-24)15-25-3;/h4-7,16-17H,8-15H2,1-3H3,(H,21,22);1H. The van der Waals surface area contributed by atoms with Crippen molar-refractivity contribution in [3.8, 4) is 0 Å². The van der Waals surface area contributed by atoms with Gasteiger partial charge in [-0.3, -0.25) is 9.89 Å². The minimum absolute atomic E-state index is 0. The minimum Gasteiger partial charge on any atom is -0.384 e. The zero-order valence-electron chi connectivity index (χ0n) is 16.3. The van der Waals surface area contributed by atoms with Crippen LogP contribution >= 0.6 is 24.0 Å². The van der Waals surface area contributed by atoms with Crippen molar-refractivity contribution in [2.24, 2.45) is 10.9 Å². The first-order valence-corrected chi connectivity index (χ1v) is 9.46. The third kappa shape index (κ3) is 5.33. The van der Waals surface area contributed by atoms with E-state index in [0.717, 1.165) is 51.7 Å². The first kappa shape index (κ1) is 21.4. The highest BCUT2D eigenvalue weighted by molar-refractivity contribution is 14.0. The summed E-state index contributed by atoms with van der Waals surface area (Å²) in [5.74, 6) is 1.66. The van der Waals surface area contributed by atoms with Crippen LogP contribution in [0.25, 0.3) is 0 Å². The van der Waals surface area contributed by atoms with Gasteiger partial charge in [-0.2, -0.15) is 0 Å². The van der Waals surface area contributed by atoms with Crippen LogP contribution < -0.4 is 5.32 Å². The van der Waals surface area contributed by atoms with Crippen LogP contribution in [0.1, 0.15) is 24.5 Å². The second kappa shape index (κ2) is 10.5. The number of fused-ring (bicyclic) bond motifs is 1. The van der Waals surface area contributed by atoms with E-state index in [1.807, 2.05) is 7.05 Å². The maximum absolute atomic E-state index is 5.30. The second-order valence-corrected chi connectivity index (χ2v) is 7.32. The third-order valence-electron chi connectivity index (χ3n) is 5.54. The SMILES string of the molecule is CN=C(NCC(C)N1CCc2ccccc2C1)N1CCC(COC)C1.I. The van der Waals surface area contributed by atoms with Crippen molar-refractivity contribution in [3.63, 3.8) is 0 Å². The monoisotopic (exact) mass is 472 g/mol. The lowest BCUT2D eigenvalue weighted by atomic mass is 9.99. The van der Waals surface area contributed by atoms with Gasteiger partial charge >= 0.3 is 0 Å². The highest BCUT2D eigenvalue weighted by Gasteiger charge is 2.26. The molecule has 0 spiro atoms. The molecule has 6 heteroatoms. The number of aliphatic imine (C=N–C) groups is 1. The van der Waals surface area contributed by atoms with Crippen LogP contribution in [0.5, 0.6) is 0 Å². The van der Waals surface area contributed by atoms with E-state index in [4.69, 9.17) is 4.74 Å². The maximum Gasteiger partial charge on any atom is 0.193 e. The number of likely N-dealkylation sites (tertiary alicyclic amines) is 1. The summed E-state index contributed by atoms with van der Waals surface area (Å²) in [4.78, 5) is 9.42. The van der Waals surface area contributed by atoms with Gasteiger partial charge in [0.25, 0.3) is 0 Å². The Morgan fingerprint density at radius 2 is 2.08 bits per heavy atom. The number of ether oxygens (including phenoxy) is 1. The Morgan fingerprint density at radius 3 is 2.81 bits per heavy atom. The van der Waals surface area contributed by atoms with Crippen molar-refractivity contribution in [1.29, 1.82) is 0 Å². The highest BCUT2D eigenvalue weighted by atomic mass is 127. The van der Waals surface area contributed by atoms with E-state index < -0.39 is 0 Å². The molecule has 2 aliphatic rings. The Hall–Kier alpha value is -0.860. The van der Waals surface area contributed by atoms with Gasteiger partial charge in [0.05, 0.1) is 6.61 Å². The van der Waals surface area contributed by atoms with E-state index in [-0.39, 0.29) is 24.0 Å². The molecule has 1 aromatic carbocycles. The van der Waals surface area contributed by atoms with Crippen molar-refractivity contribution < 1.29 is 4.74 Å². The average molecular weight is 472 g/mol. The van der Waals surface area contributed by atoms with E-state index in [9.17, 15) is 0 Å². The highest BCUT2D eigenvalue weighted by Crippen LogP contribution is 2.20. The number of hydrogen-bond donors (Lipinski definition) is 1. The lowest BCUT2D eigenvalue weighted by molar-refractivity contribution is 0.157. The number of benzene rings is 1. The van der Waals surface area contributed by atoms with Gasteiger partial charge in [-0.05, 0) is 30.9 Å². The van der Waals surface area contributed by atoms with Gasteiger partial charge in [-0.1, -0.05) is 24.3 Å². The van der Waals surface area contributed by atoms with E-state index in [0.29, 0.717) is 12.0 Å². The predicted octanol–water partition coefficient (Wildman–Crippen LogP) is 2.59. The molecule has 0 saturated carbocycles. The Balaban J connectivity index is 0.00000243. The average Bonchev–Trinajstić information content (AvgIpc) is 3.10. The summed E-state index contributed by atoms with van der Waals surface area (Å²) < 4.78 is 5.30. The zero-order valence-corrected chi connectivity index (χ0v) is 18.6. The topological polar surface area (TPSA) is 40.1 Å². The van der Waals surface area contributed by atoms with E-state index >= 15 is 0 Å². The van der Waals surface area contributed by atoms with Crippen LogP contribution in [0.15, 0.2) is 29.3 Å².